The van der Waals surface area contributed by atoms with Crippen LogP contribution in [0.15, 0.2) is 22.5 Å². The van der Waals surface area contributed by atoms with E-state index in [2.05, 4.69) is 40.0 Å². The van der Waals surface area contributed by atoms with Crippen LogP contribution in [0.2, 0.25) is 0 Å². The maximum absolute atomic E-state index is 5.20. The zero-order valence-corrected chi connectivity index (χ0v) is 15.2. The van der Waals surface area contributed by atoms with Crippen molar-refractivity contribution < 1.29 is 4.74 Å². The van der Waals surface area contributed by atoms with Crippen molar-refractivity contribution in [2.24, 2.45) is 4.99 Å². The van der Waals surface area contributed by atoms with E-state index in [0.29, 0.717) is 0 Å². The summed E-state index contributed by atoms with van der Waals surface area (Å²) in [5.74, 6) is 0.923. The molecule has 0 aromatic carbocycles. The summed E-state index contributed by atoms with van der Waals surface area (Å²) in [4.78, 5) is 8.62. The van der Waals surface area contributed by atoms with E-state index in [9.17, 15) is 0 Å². The maximum atomic E-state index is 5.20. The Balaban J connectivity index is 1.71. The normalized spacial score (nSPS) is 15.2. The van der Waals surface area contributed by atoms with Gasteiger partial charge in [0.15, 0.2) is 5.96 Å². The molecule has 0 atom stereocenters. The van der Waals surface area contributed by atoms with E-state index in [1.807, 2.05) is 11.3 Å². The number of aliphatic imine (C=N–C) groups is 1. The van der Waals surface area contributed by atoms with Crippen molar-refractivity contribution >= 4 is 17.3 Å². The van der Waals surface area contributed by atoms with Crippen molar-refractivity contribution in [1.29, 1.82) is 0 Å². The predicted octanol–water partition coefficient (Wildman–Crippen LogP) is 1.96. The molecule has 0 bridgehead atoms. The van der Waals surface area contributed by atoms with E-state index < -0.39 is 0 Å². The molecule has 6 heteroatoms. The Morgan fingerprint density at radius 1 is 1.39 bits per heavy atom. The van der Waals surface area contributed by atoms with Crippen LogP contribution in [0.4, 0.5) is 0 Å². The van der Waals surface area contributed by atoms with Gasteiger partial charge in [0, 0.05) is 44.2 Å². The van der Waals surface area contributed by atoms with Gasteiger partial charge in [-0.3, -0.25) is 9.89 Å². The van der Waals surface area contributed by atoms with Gasteiger partial charge in [0.05, 0.1) is 13.2 Å². The lowest BCUT2D eigenvalue weighted by Gasteiger charge is -2.20. The molecular weight excluding hydrogens is 308 g/mol. The van der Waals surface area contributed by atoms with Crippen molar-refractivity contribution in [3.63, 3.8) is 0 Å². The number of thiophene rings is 1. The van der Waals surface area contributed by atoms with Gasteiger partial charge in [0.2, 0.25) is 0 Å². The Kier molecular flexibility index (Phi) is 8.42. The lowest BCUT2D eigenvalue weighted by molar-refractivity contribution is 0.145. The van der Waals surface area contributed by atoms with Gasteiger partial charge < -0.3 is 15.4 Å². The van der Waals surface area contributed by atoms with E-state index in [0.717, 1.165) is 57.8 Å². The lowest BCUT2D eigenvalue weighted by atomic mass is 10.3. The summed E-state index contributed by atoms with van der Waals surface area (Å²) in [6, 6.07) is 5.04. The van der Waals surface area contributed by atoms with Crippen LogP contribution in [-0.4, -0.2) is 63.3 Å². The van der Waals surface area contributed by atoms with Crippen LogP contribution in [0, 0.1) is 0 Å². The first-order chi connectivity index (χ1) is 11.3. The highest BCUT2D eigenvalue weighted by molar-refractivity contribution is 7.09. The van der Waals surface area contributed by atoms with E-state index in [1.165, 1.54) is 17.7 Å². The molecule has 2 N–H and O–H groups in total. The van der Waals surface area contributed by atoms with Gasteiger partial charge in [0.1, 0.15) is 0 Å². The fourth-order valence-corrected chi connectivity index (χ4v) is 3.23. The Morgan fingerprint density at radius 2 is 2.26 bits per heavy atom. The standard InChI is InChI=1S/C17H30N4OS/c1-3-18-17(19-9-8-16-5-4-14-23-16)20-10-11-21(12-13-22-2)15-6-7-15/h4-5,14-15H,3,6-13H2,1-2H3,(H2,18,19,20). The van der Waals surface area contributed by atoms with Gasteiger partial charge in [-0.2, -0.15) is 0 Å². The fourth-order valence-electron chi connectivity index (χ4n) is 2.52. The molecule has 1 aliphatic carbocycles. The molecule has 1 aromatic heterocycles. The minimum absolute atomic E-state index is 0.759. The van der Waals surface area contributed by atoms with Gasteiger partial charge in [0.25, 0.3) is 0 Å². The zero-order chi connectivity index (χ0) is 16.3. The van der Waals surface area contributed by atoms with Gasteiger partial charge >= 0.3 is 0 Å². The Morgan fingerprint density at radius 3 is 2.91 bits per heavy atom. The predicted molar refractivity (Wildman–Crippen MR) is 98.5 cm³/mol. The van der Waals surface area contributed by atoms with Crippen LogP contribution in [0.1, 0.15) is 24.6 Å². The highest BCUT2D eigenvalue weighted by Crippen LogP contribution is 2.26. The molecule has 1 aromatic rings. The molecule has 0 spiro atoms. The molecular formula is C17H30N4OS. The maximum Gasteiger partial charge on any atom is 0.191 e. The molecule has 0 saturated heterocycles. The Labute approximate surface area is 144 Å². The first-order valence-electron chi connectivity index (χ1n) is 8.61. The molecule has 130 valence electrons. The van der Waals surface area contributed by atoms with Crippen LogP contribution in [-0.2, 0) is 11.2 Å². The van der Waals surface area contributed by atoms with Crippen molar-refractivity contribution in [2.45, 2.75) is 32.2 Å². The molecule has 1 heterocycles. The second-order valence-electron chi connectivity index (χ2n) is 5.78. The number of nitrogens with zero attached hydrogens (tertiary/aromatic N) is 2. The number of methoxy groups -OCH3 is 1. The van der Waals surface area contributed by atoms with E-state index >= 15 is 0 Å². The molecule has 1 aliphatic rings. The summed E-state index contributed by atoms with van der Waals surface area (Å²) < 4.78 is 5.20. The molecule has 0 aliphatic heterocycles. The fraction of sp³-hybridized carbons (Fsp3) is 0.706. The smallest absolute Gasteiger partial charge is 0.191 e. The Hall–Kier alpha value is -1.11. The first kappa shape index (κ1) is 18.2. The molecule has 1 fully saturated rings. The van der Waals surface area contributed by atoms with Gasteiger partial charge in [-0.25, -0.2) is 0 Å². The second-order valence-corrected chi connectivity index (χ2v) is 6.81. The summed E-state index contributed by atoms with van der Waals surface area (Å²) in [6.45, 7) is 7.57. The molecule has 23 heavy (non-hydrogen) atoms. The number of rotatable bonds is 11. The third kappa shape index (κ3) is 7.33. The van der Waals surface area contributed by atoms with Crippen molar-refractivity contribution in [3.05, 3.63) is 22.4 Å². The summed E-state index contributed by atoms with van der Waals surface area (Å²) in [6.07, 6.45) is 3.70. The van der Waals surface area contributed by atoms with Crippen LogP contribution >= 0.6 is 11.3 Å². The molecule has 0 radical (unpaired) electrons. The van der Waals surface area contributed by atoms with Crippen LogP contribution in [0.5, 0.6) is 0 Å². The minimum atomic E-state index is 0.759. The monoisotopic (exact) mass is 338 g/mol. The average molecular weight is 339 g/mol. The van der Waals surface area contributed by atoms with Crippen molar-refractivity contribution in [1.82, 2.24) is 15.5 Å². The van der Waals surface area contributed by atoms with Crippen LogP contribution in [0.25, 0.3) is 0 Å². The van der Waals surface area contributed by atoms with E-state index in [1.54, 1.807) is 7.11 Å². The largest absolute Gasteiger partial charge is 0.383 e. The molecule has 2 rings (SSSR count). The lowest BCUT2D eigenvalue weighted by Crippen LogP contribution is -2.39. The van der Waals surface area contributed by atoms with Gasteiger partial charge in [-0.15, -0.1) is 11.3 Å². The topological polar surface area (TPSA) is 48.9 Å². The number of guanidine groups is 1. The number of hydrogen-bond acceptors (Lipinski definition) is 4. The minimum Gasteiger partial charge on any atom is -0.383 e. The summed E-state index contributed by atoms with van der Waals surface area (Å²) >= 11 is 1.81. The Bertz CT molecular complexity index is 445. The van der Waals surface area contributed by atoms with Gasteiger partial charge in [-0.1, -0.05) is 6.07 Å². The third-order valence-corrected chi connectivity index (χ3v) is 4.83. The molecule has 0 amide bonds. The first-order valence-corrected chi connectivity index (χ1v) is 9.49. The molecule has 5 nitrogen and oxygen atoms in total. The number of ether oxygens (including phenoxy) is 1. The quantitative estimate of drug-likeness (QED) is 0.478. The van der Waals surface area contributed by atoms with Crippen molar-refractivity contribution in [3.8, 4) is 0 Å². The highest BCUT2D eigenvalue weighted by Gasteiger charge is 2.27. The van der Waals surface area contributed by atoms with Crippen molar-refractivity contribution in [2.75, 3.05) is 46.4 Å². The zero-order valence-electron chi connectivity index (χ0n) is 14.4. The third-order valence-electron chi connectivity index (χ3n) is 3.89. The number of nitrogens with one attached hydrogen (secondary N) is 2. The summed E-state index contributed by atoms with van der Waals surface area (Å²) in [5.41, 5.74) is 0. The van der Waals surface area contributed by atoms with Gasteiger partial charge in [-0.05, 0) is 37.6 Å². The SMILES string of the molecule is CCNC(=NCCN(CCOC)C1CC1)NCCc1cccs1. The average Bonchev–Trinajstić information content (AvgIpc) is 3.27. The second kappa shape index (κ2) is 10.6. The highest BCUT2D eigenvalue weighted by atomic mass is 32.1. The summed E-state index contributed by atoms with van der Waals surface area (Å²) in [5, 5.41) is 8.87. The van der Waals surface area contributed by atoms with E-state index in [4.69, 9.17) is 9.73 Å². The van der Waals surface area contributed by atoms with Crippen LogP contribution < -0.4 is 10.6 Å². The van der Waals surface area contributed by atoms with E-state index in [-0.39, 0.29) is 0 Å². The molecule has 0 unspecified atom stereocenters. The van der Waals surface area contributed by atoms with Crippen LogP contribution in [0.3, 0.4) is 0 Å². The summed E-state index contributed by atoms with van der Waals surface area (Å²) in [7, 11) is 1.77. The number of hydrogen-bond donors (Lipinski definition) is 2. The molecule has 1 saturated carbocycles.